The quantitative estimate of drug-likeness (QED) is 0.897. The highest BCUT2D eigenvalue weighted by molar-refractivity contribution is 6.31. The van der Waals surface area contributed by atoms with E-state index < -0.39 is 0 Å². The Morgan fingerprint density at radius 3 is 2.83 bits per heavy atom. The maximum absolute atomic E-state index is 12.5. The zero-order valence-electron chi connectivity index (χ0n) is 13.5. The number of benzene rings is 1. The summed E-state index contributed by atoms with van der Waals surface area (Å²) in [6.07, 6.45) is 2.48. The molecule has 0 unspecified atom stereocenters. The molecular formula is C17H20ClN3O2. The highest BCUT2D eigenvalue weighted by Gasteiger charge is 2.31. The number of halogens is 1. The molecule has 3 rings (SSSR count). The van der Waals surface area contributed by atoms with Crippen LogP contribution in [0.4, 0.5) is 5.69 Å². The molecule has 1 atom stereocenters. The van der Waals surface area contributed by atoms with Crippen molar-refractivity contribution >= 4 is 23.2 Å². The number of ether oxygens (including phenoxy) is 1. The number of hydrogen-bond acceptors (Lipinski definition) is 3. The lowest BCUT2D eigenvalue weighted by molar-refractivity contribution is 0.102. The molecule has 1 N–H and O–H groups in total. The van der Waals surface area contributed by atoms with Gasteiger partial charge in [-0.15, -0.1) is 0 Å². The van der Waals surface area contributed by atoms with Crippen molar-refractivity contribution in [3.63, 3.8) is 0 Å². The van der Waals surface area contributed by atoms with E-state index in [0.29, 0.717) is 34.1 Å². The molecule has 0 aliphatic heterocycles. The van der Waals surface area contributed by atoms with Gasteiger partial charge in [-0.1, -0.05) is 11.6 Å². The molecule has 1 aliphatic rings. The van der Waals surface area contributed by atoms with Gasteiger partial charge in [-0.2, -0.15) is 5.10 Å². The molecular weight excluding hydrogens is 314 g/mol. The van der Waals surface area contributed by atoms with E-state index in [1.54, 1.807) is 25.3 Å². The lowest BCUT2D eigenvalue weighted by Gasteiger charge is -2.12. The van der Waals surface area contributed by atoms with Gasteiger partial charge in [0.15, 0.2) is 5.69 Å². The van der Waals surface area contributed by atoms with Gasteiger partial charge >= 0.3 is 0 Å². The zero-order valence-corrected chi connectivity index (χ0v) is 14.2. The van der Waals surface area contributed by atoms with Gasteiger partial charge in [0.25, 0.3) is 5.91 Å². The number of hydrogen-bond donors (Lipinski definition) is 1. The lowest BCUT2D eigenvalue weighted by Crippen LogP contribution is -2.15. The third-order valence-corrected chi connectivity index (χ3v) is 4.49. The van der Waals surface area contributed by atoms with Gasteiger partial charge in [0.05, 0.1) is 18.8 Å². The van der Waals surface area contributed by atoms with E-state index in [1.165, 1.54) is 12.8 Å². The molecule has 0 saturated heterocycles. The number of aryl methyl sites for hydroxylation is 1. The molecule has 1 aromatic carbocycles. The van der Waals surface area contributed by atoms with Crippen molar-refractivity contribution in [2.45, 2.75) is 32.7 Å². The van der Waals surface area contributed by atoms with Crippen molar-refractivity contribution in [3.05, 3.63) is 40.7 Å². The number of aromatic nitrogens is 2. The molecule has 1 aromatic heterocycles. The number of carbonyl (C=O) groups is 1. The number of amides is 1. The highest BCUT2D eigenvalue weighted by Crippen LogP contribution is 2.39. The molecule has 0 radical (unpaired) electrons. The van der Waals surface area contributed by atoms with E-state index in [4.69, 9.17) is 16.3 Å². The van der Waals surface area contributed by atoms with Gasteiger partial charge in [-0.05, 0) is 56.9 Å². The fourth-order valence-electron chi connectivity index (χ4n) is 2.75. The molecule has 0 bridgehead atoms. The topological polar surface area (TPSA) is 56.1 Å². The summed E-state index contributed by atoms with van der Waals surface area (Å²) in [5, 5.41) is 7.83. The van der Waals surface area contributed by atoms with Gasteiger partial charge in [0.1, 0.15) is 5.75 Å². The first-order chi connectivity index (χ1) is 11.0. The normalized spacial score (nSPS) is 15.3. The number of carbonyl (C=O) groups excluding carboxylic acids is 1. The van der Waals surface area contributed by atoms with Crippen LogP contribution in [-0.2, 0) is 0 Å². The molecule has 6 heteroatoms. The van der Waals surface area contributed by atoms with Gasteiger partial charge in [-0.25, -0.2) is 0 Å². The molecule has 122 valence electrons. The maximum Gasteiger partial charge on any atom is 0.276 e. The highest BCUT2D eigenvalue weighted by atomic mass is 35.5. The molecule has 1 heterocycles. The number of methoxy groups -OCH3 is 1. The predicted molar refractivity (Wildman–Crippen MR) is 90.4 cm³/mol. The van der Waals surface area contributed by atoms with Crippen LogP contribution in [0.25, 0.3) is 0 Å². The first-order valence-corrected chi connectivity index (χ1v) is 8.08. The molecule has 1 amide bonds. The van der Waals surface area contributed by atoms with Crippen LogP contribution in [0.3, 0.4) is 0 Å². The SMILES string of the molecule is COc1ccc(Cl)cc1NC(=O)c1cc(C)n([C@H](C)C2CC2)n1. The van der Waals surface area contributed by atoms with Crippen LogP contribution in [0, 0.1) is 12.8 Å². The smallest absolute Gasteiger partial charge is 0.276 e. The van der Waals surface area contributed by atoms with Crippen molar-refractivity contribution in [1.29, 1.82) is 0 Å². The molecule has 23 heavy (non-hydrogen) atoms. The minimum Gasteiger partial charge on any atom is -0.495 e. The summed E-state index contributed by atoms with van der Waals surface area (Å²) in [7, 11) is 1.55. The van der Waals surface area contributed by atoms with Crippen molar-refractivity contribution in [2.75, 3.05) is 12.4 Å². The van der Waals surface area contributed by atoms with E-state index in [0.717, 1.165) is 5.69 Å². The average molecular weight is 334 g/mol. The van der Waals surface area contributed by atoms with Crippen molar-refractivity contribution < 1.29 is 9.53 Å². The van der Waals surface area contributed by atoms with Gasteiger partial charge in [-0.3, -0.25) is 9.48 Å². The van der Waals surface area contributed by atoms with Crippen molar-refractivity contribution in [1.82, 2.24) is 9.78 Å². The monoisotopic (exact) mass is 333 g/mol. The number of nitrogens with one attached hydrogen (secondary N) is 1. The van der Waals surface area contributed by atoms with Gasteiger partial charge < -0.3 is 10.1 Å². The second-order valence-corrected chi connectivity index (χ2v) is 6.43. The summed E-state index contributed by atoms with van der Waals surface area (Å²) < 4.78 is 7.19. The maximum atomic E-state index is 12.5. The van der Waals surface area contributed by atoms with Crippen LogP contribution >= 0.6 is 11.6 Å². The Balaban J connectivity index is 1.81. The second kappa shape index (κ2) is 6.24. The van der Waals surface area contributed by atoms with Gasteiger partial charge in [0.2, 0.25) is 0 Å². The molecule has 1 saturated carbocycles. The molecule has 1 fully saturated rings. The summed E-state index contributed by atoms with van der Waals surface area (Å²) in [4.78, 5) is 12.5. The minimum atomic E-state index is -0.268. The summed E-state index contributed by atoms with van der Waals surface area (Å²) in [5.74, 6) is 0.971. The van der Waals surface area contributed by atoms with E-state index in [-0.39, 0.29) is 5.91 Å². The van der Waals surface area contributed by atoms with E-state index >= 15 is 0 Å². The number of nitrogens with zero attached hydrogens (tertiary/aromatic N) is 2. The Morgan fingerprint density at radius 2 is 2.17 bits per heavy atom. The van der Waals surface area contributed by atoms with Gasteiger partial charge in [0, 0.05) is 10.7 Å². The van der Waals surface area contributed by atoms with Crippen LogP contribution in [0.5, 0.6) is 5.75 Å². The standard InChI is InChI=1S/C17H20ClN3O2/c1-10-8-15(20-21(10)11(2)12-4-5-12)17(22)19-14-9-13(18)6-7-16(14)23-3/h6-9,11-12H,4-5H2,1-3H3,(H,19,22)/t11-/m1/s1. The Labute approximate surface area is 140 Å². The Hall–Kier alpha value is -2.01. The van der Waals surface area contributed by atoms with Crippen molar-refractivity contribution in [3.8, 4) is 5.75 Å². The minimum absolute atomic E-state index is 0.268. The molecule has 5 nitrogen and oxygen atoms in total. The van der Waals surface area contributed by atoms with Crippen molar-refractivity contribution in [2.24, 2.45) is 5.92 Å². The van der Waals surface area contributed by atoms with Crippen LogP contribution in [0.1, 0.15) is 42.0 Å². The number of anilines is 1. The first kappa shape index (κ1) is 15.9. The van der Waals surface area contributed by atoms with Crippen LogP contribution < -0.4 is 10.1 Å². The predicted octanol–water partition coefficient (Wildman–Crippen LogP) is 4.08. The Kier molecular flexibility index (Phi) is 4.31. The van der Waals surface area contributed by atoms with E-state index in [9.17, 15) is 4.79 Å². The summed E-state index contributed by atoms with van der Waals surface area (Å²) >= 11 is 5.99. The largest absolute Gasteiger partial charge is 0.495 e. The van der Waals surface area contributed by atoms with Crippen LogP contribution in [0.2, 0.25) is 5.02 Å². The molecule has 2 aromatic rings. The number of rotatable bonds is 5. The fourth-order valence-corrected chi connectivity index (χ4v) is 2.93. The third-order valence-electron chi connectivity index (χ3n) is 4.25. The molecule has 0 spiro atoms. The zero-order chi connectivity index (χ0) is 16.6. The summed E-state index contributed by atoms with van der Waals surface area (Å²) in [6.45, 7) is 4.13. The lowest BCUT2D eigenvalue weighted by atomic mass is 10.2. The second-order valence-electron chi connectivity index (χ2n) is 5.99. The average Bonchev–Trinajstić information content (AvgIpc) is 3.29. The van der Waals surface area contributed by atoms with Crippen LogP contribution in [-0.4, -0.2) is 22.8 Å². The fraction of sp³-hybridized carbons (Fsp3) is 0.412. The van der Waals surface area contributed by atoms with Crippen LogP contribution in [0.15, 0.2) is 24.3 Å². The summed E-state index contributed by atoms with van der Waals surface area (Å²) in [6, 6.07) is 7.24. The Morgan fingerprint density at radius 1 is 1.43 bits per heavy atom. The molecule has 1 aliphatic carbocycles. The van der Waals surface area contributed by atoms with E-state index in [2.05, 4.69) is 17.3 Å². The summed E-state index contributed by atoms with van der Waals surface area (Å²) in [5.41, 5.74) is 1.93. The van der Waals surface area contributed by atoms with E-state index in [1.807, 2.05) is 17.7 Å². The first-order valence-electron chi connectivity index (χ1n) is 7.70. The Bertz CT molecular complexity index is 737. The third kappa shape index (κ3) is 3.34.